The quantitative estimate of drug-likeness (QED) is 0.343. The Hall–Kier alpha value is -2.67. The van der Waals surface area contributed by atoms with Gasteiger partial charge in [-0.15, -0.1) is 6.58 Å². The molecule has 3 rings (SSSR count). The molecule has 3 aliphatic rings. The van der Waals surface area contributed by atoms with E-state index >= 15 is 0 Å². The fourth-order valence-electron chi connectivity index (χ4n) is 4.06. The van der Waals surface area contributed by atoms with Gasteiger partial charge in [0.15, 0.2) is 0 Å². The van der Waals surface area contributed by atoms with Crippen molar-refractivity contribution in [2.75, 3.05) is 13.2 Å². The summed E-state index contributed by atoms with van der Waals surface area (Å²) >= 11 is 0. The van der Waals surface area contributed by atoms with Crippen LogP contribution in [0.2, 0.25) is 0 Å². The number of ether oxygens (including phenoxy) is 3. The lowest BCUT2D eigenvalue weighted by molar-refractivity contribution is -0.176. The van der Waals surface area contributed by atoms with Crippen LogP contribution in [0, 0.1) is 17.3 Å². The minimum Gasteiger partial charge on any atom is -0.461 e. The smallest absolute Gasteiger partial charge is 0.336 e. The van der Waals surface area contributed by atoms with Crippen molar-refractivity contribution in [2.45, 2.75) is 18.6 Å². The van der Waals surface area contributed by atoms with Crippen molar-refractivity contribution in [2.24, 2.45) is 17.3 Å². The van der Waals surface area contributed by atoms with Crippen LogP contribution in [0.3, 0.4) is 0 Å². The summed E-state index contributed by atoms with van der Waals surface area (Å²) in [4.78, 5) is 36.3. The first kappa shape index (κ1) is 18.1. The lowest BCUT2D eigenvalue weighted by Crippen LogP contribution is -2.57. The van der Waals surface area contributed by atoms with Gasteiger partial charge in [-0.05, 0) is 6.42 Å². The topological polar surface area (TPSA) is 99.1 Å². The Kier molecular flexibility index (Phi) is 4.36. The van der Waals surface area contributed by atoms with Gasteiger partial charge in [0.1, 0.15) is 18.8 Å². The zero-order valence-corrected chi connectivity index (χ0v) is 14.2. The van der Waals surface area contributed by atoms with Crippen molar-refractivity contribution in [1.29, 1.82) is 0 Å². The predicted octanol–water partition coefficient (Wildman–Crippen LogP) is 0.850. The molecule has 2 heterocycles. The second kappa shape index (κ2) is 6.25. The largest absolute Gasteiger partial charge is 0.461 e. The maximum atomic E-state index is 12.1. The number of cyclic esters (lactones) is 1. The number of carbonyl (C=O) groups excluding carboxylic acids is 3. The van der Waals surface area contributed by atoms with Crippen LogP contribution < -0.4 is 0 Å². The number of esters is 3. The fraction of sp³-hybridized carbons (Fsp3) is 0.421. The number of rotatable bonds is 4. The molecule has 138 valence electrons. The van der Waals surface area contributed by atoms with Gasteiger partial charge in [0.2, 0.25) is 0 Å². The third-order valence-electron chi connectivity index (χ3n) is 5.45. The van der Waals surface area contributed by atoms with Crippen LogP contribution >= 0.6 is 0 Å². The molecular weight excluding hydrogens is 340 g/mol. The summed E-state index contributed by atoms with van der Waals surface area (Å²) in [6.07, 6.45) is 0.340. The highest BCUT2D eigenvalue weighted by Gasteiger charge is 2.62. The summed E-state index contributed by atoms with van der Waals surface area (Å²) in [5.74, 6) is -3.09. The Labute approximate surface area is 150 Å². The van der Waals surface area contributed by atoms with Gasteiger partial charge in [0, 0.05) is 22.5 Å². The summed E-state index contributed by atoms with van der Waals surface area (Å²) in [6, 6.07) is 0. The third-order valence-corrected chi connectivity index (χ3v) is 5.45. The van der Waals surface area contributed by atoms with Gasteiger partial charge in [-0.3, -0.25) is 0 Å². The Balaban J connectivity index is 2.02. The van der Waals surface area contributed by atoms with Crippen molar-refractivity contribution >= 4 is 17.9 Å². The van der Waals surface area contributed by atoms with E-state index in [1.807, 2.05) is 0 Å². The lowest BCUT2D eigenvalue weighted by Gasteiger charge is -2.51. The molecule has 0 radical (unpaired) electrons. The first-order valence-electron chi connectivity index (χ1n) is 8.14. The first-order valence-corrected chi connectivity index (χ1v) is 8.14. The monoisotopic (exact) mass is 360 g/mol. The van der Waals surface area contributed by atoms with Crippen LogP contribution in [0.15, 0.2) is 49.1 Å². The highest BCUT2D eigenvalue weighted by Crippen LogP contribution is 2.55. The van der Waals surface area contributed by atoms with E-state index in [9.17, 15) is 14.4 Å². The number of carbonyl (C=O) groups is 3. The second-order valence-electron chi connectivity index (χ2n) is 6.85. The van der Waals surface area contributed by atoms with E-state index in [-0.39, 0.29) is 29.7 Å². The molecule has 2 aliphatic heterocycles. The van der Waals surface area contributed by atoms with Gasteiger partial charge >= 0.3 is 17.9 Å². The van der Waals surface area contributed by atoms with E-state index in [1.165, 1.54) is 0 Å². The van der Waals surface area contributed by atoms with Crippen LogP contribution in [0.5, 0.6) is 0 Å². The SMILES string of the molecule is C=C[C@@]12COC(=O)C(=C)[C@@H]1C1OC(=O)C(=C)[C@@H]1[C@@H](OC(=O)C(=C)CO)C2. The Bertz CT molecular complexity index is 749. The number of fused-ring (bicyclic) bond motifs is 3. The average Bonchev–Trinajstić information content (AvgIpc) is 2.92. The molecule has 1 saturated carbocycles. The summed E-state index contributed by atoms with van der Waals surface area (Å²) in [6.45, 7) is 14.3. The Morgan fingerprint density at radius 3 is 2.62 bits per heavy atom. The molecule has 3 fully saturated rings. The molecule has 0 bridgehead atoms. The normalized spacial score (nSPS) is 35.7. The minimum absolute atomic E-state index is 0.0151. The Morgan fingerprint density at radius 2 is 2.00 bits per heavy atom. The van der Waals surface area contributed by atoms with E-state index < -0.39 is 54.0 Å². The zero-order valence-electron chi connectivity index (χ0n) is 14.2. The van der Waals surface area contributed by atoms with E-state index in [4.69, 9.17) is 19.3 Å². The summed E-state index contributed by atoms with van der Waals surface area (Å²) < 4.78 is 16.2. The molecule has 7 heteroatoms. The van der Waals surface area contributed by atoms with Crippen molar-refractivity contribution in [3.05, 3.63) is 49.1 Å². The summed E-state index contributed by atoms with van der Waals surface area (Å²) in [7, 11) is 0. The molecule has 1 N–H and O–H groups in total. The molecule has 2 saturated heterocycles. The lowest BCUT2D eigenvalue weighted by atomic mass is 9.57. The standard InChI is InChI=1S/C19H20O7/c1-5-19-6-12(25-16(21)9(2)7-20)13-10(3)18(23)26-15(13)14(19)11(4)17(22)24-8-19/h5,12-15,20H,1-4,6-8H2/t12-,13+,14+,15?,19+/m0/s1. The fourth-order valence-corrected chi connectivity index (χ4v) is 4.06. The maximum absolute atomic E-state index is 12.1. The van der Waals surface area contributed by atoms with E-state index in [0.717, 1.165) is 0 Å². The molecule has 26 heavy (non-hydrogen) atoms. The second-order valence-corrected chi connectivity index (χ2v) is 6.85. The van der Waals surface area contributed by atoms with Gasteiger partial charge < -0.3 is 19.3 Å². The predicted molar refractivity (Wildman–Crippen MR) is 89.5 cm³/mol. The number of hydrogen-bond donors (Lipinski definition) is 1. The zero-order chi connectivity index (χ0) is 19.2. The molecule has 7 nitrogen and oxygen atoms in total. The molecule has 0 amide bonds. The van der Waals surface area contributed by atoms with E-state index in [0.29, 0.717) is 0 Å². The average molecular weight is 360 g/mol. The molecule has 0 spiro atoms. The van der Waals surface area contributed by atoms with Gasteiger partial charge in [0.25, 0.3) is 0 Å². The number of aliphatic hydroxyl groups is 1. The van der Waals surface area contributed by atoms with Crippen LogP contribution in [-0.2, 0) is 28.6 Å². The highest BCUT2D eigenvalue weighted by molar-refractivity contribution is 5.93. The van der Waals surface area contributed by atoms with Crippen molar-refractivity contribution < 1.29 is 33.7 Å². The van der Waals surface area contributed by atoms with Gasteiger partial charge in [0.05, 0.1) is 18.1 Å². The Morgan fingerprint density at radius 1 is 1.31 bits per heavy atom. The number of aliphatic hydroxyl groups excluding tert-OH is 1. The summed E-state index contributed by atoms with van der Waals surface area (Å²) in [5.41, 5.74) is -0.528. The molecule has 0 aromatic rings. The van der Waals surface area contributed by atoms with Gasteiger partial charge in [-0.1, -0.05) is 25.8 Å². The van der Waals surface area contributed by atoms with E-state index in [2.05, 4.69) is 26.3 Å². The van der Waals surface area contributed by atoms with E-state index in [1.54, 1.807) is 6.08 Å². The van der Waals surface area contributed by atoms with Crippen molar-refractivity contribution in [1.82, 2.24) is 0 Å². The molecule has 0 aromatic heterocycles. The van der Waals surface area contributed by atoms with Crippen molar-refractivity contribution in [3.8, 4) is 0 Å². The molecule has 5 atom stereocenters. The molecule has 1 aliphatic carbocycles. The molecular formula is C19H20O7. The van der Waals surface area contributed by atoms with Crippen LogP contribution in [0.25, 0.3) is 0 Å². The van der Waals surface area contributed by atoms with Crippen LogP contribution in [0.4, 0.5) is 0 Å². The highest BCUT2D eigenvalue weighted by atomic mass is 16.6. The van der Waals surface area contributed by atoms with Crippen LogP contribution in [-0.4, -0.2) is 48.4 Å². The molecule has 1 unspecified atom stereocenters. The van der Waals surface area contributed by atoms with Crippen LogP contribution in [0.1, 0.15) is 6.42 Å². The first-order chi connectivity index (χ1) is 12.3. The molecule has 0 aromatic carbocycles. The summed E-state index contributed by atoms with van der Waals surface area (Å²) in [5, 5.41) is 9.08. The van der Waals surface area contributed by atoms with Gasteiger partial charge in [-0.2, -0.15) is 0 Å². The minimum atomic E-state index is -0.789. The third kappa shape index (κ3) is 2.50. The van der Waals surface area contributed by atoms with Gasteiger partial charge in [-0.25, -0.2) is 14.4 Å². The maximum Gasteiger partial charge on any atom is 0.336 e. The van der Waals surface area contributed by atoms with Crippen molar-refractivity contribution in [3.63, 3.8) is 0 Å². The number of hydrogen-bond acceptors (Lipinski definition) is 7.